The van der Waals surface area contributed by atoms with Crippen molar-refractivity contribution >= 4 is 5.71 Å². The van der Waals surface area contributed by atoms with Gasteiger partial charge in [-0.25, -0.2) is 4.39 Å². The Morgan fingerprint density at radius 2 is 1.90 bits per heavy atom. The van der Waals surface area contributed by atoms with Gasteiger partial charge in [0.15, 0.2) is 0 Å². The summed E-state index contributed by atoms with van der Waals surface area (Å²) >= 11 is 0. The Morgan fingerprint density at radius 3 is 2.55 bits per heavy atom. The van der Waals surface area contributed by atoms with E-state index in [2.05, 4.69) is 5.16 Å². The predicted molar refractivity (Wildman–Crippen MR) is 76.2 cm³/mol. The van der Waals surface area contributed by atoms with E-state index in [9.17, 15) is 9.50 Å². The van der Waals surface area contributed by atoms with Gasteiger partial charge < -0.3 is 9.94 Å². The van der Waals surface area contributed by atoms with E-state index in [1.165, 1.54) is 12.1 Å². The maximum Gasteiger partial charge on any atom is 0.142 e. The fourth-order valence-corrected chi connectivity index (χ4v) is 1.67. The van der Waals surface area contributed by atoms with Crippen LogP contribution in [0.15, 0.2) is 47.6 Å². The minimum atomic E-state index is -0.274. The summed E-state index contributed by atoms with van der Waals surface area (Å²) in [7, 11) is 0. The molecule has 0 spiro atoms. The third-order valence-electron chi connectivity index (χ3n) is 2.97. The molecule has 0 unspecified atom stereocenters. The molecule has 104 valence electrons. The van der Waals surface area contributed by atoms with Gasteiger partial charge in [0, 0.05) is 5.56 Å². The molecular formula is C16H16FNO2. The Morgan fingerprint density at radius 1 is 1.20 bits per heavy atom. The summed E-state index contributed by atoms with van der Waals surface area (Å²) in [6.07, 6.45) is 0. The van der Waals surface area contributed by atoms with E-state index in [-0.39, 0.29) is 18.2 Å². The van der Waals surface area contributed by atoms with Gasteiger partial charge in [0.25, 0.3) is 0 Å². The first-order valence-corrected chi connectivity index (χ1v) is 6.27. The molecule has 0 heterocycles. The van der Waals surface area contributed by atoms with Crippen LogP contribution in [0, 0.1) is 12.7 Å². The number of hydrogen-bond acceptors (Lipinski definition) is 3. The highest BCUT2D eigenvalue weighted by molar-refractivity contribution is 5.98. The molecule has 2 aromatic carbocycles. The van der Waals surface area contributed by atoms with Crippen molar-refractivity contribution in [3.8, 4) is 5.75 Å². The summed E-state index contributed by atoms with van der Waals surface area (Å²) in [5, 5.41) is 13.6. The maximum absolute atomic E-state index is 12.7. The lowest BCUT2D eigenvalue weighted by Crippen LogP contribution is -1.97. The first-order valence-electron chi connectivity index (χ1n) is 6.27. The molecule has 0 aliphatic carbocycles. The predicted octanol–water partition coefficient (Wildman–Crippen LogP) is 3.78. The lowest BCUT2D eigenvalue weighted by molar-refractivity contribution is 0.130. The lowest BCUT2D eigenvalue weighted by Gasteiger charge is -2.05. The first-order chi connectivity index (χ1) is 9.56. The molecule has 0 aliphatic heterocycles. The van der Waals surface area contributed by atoms with Crippen LogP contribution < -0.4 is 0 Å². The molecule has 0 aliphatic rings. The standard InChI is InChI=1S/C16H16FNO2/c1-11-3-6-14(9-16(11)19)12(2)18-20-10-13-4-7-15(17)8-5-13/h3-9,19H,10H2,1-2H3/b18-12+. The van der Waals surface area contributed by atoms with Crippen LogP contribution in [0.5, 0.6) is 5.75 Å². The number of aromatic hydroxyl groups is 1. The smallest absolute Gasteiger partial charge is 0.142 e. The van der Waals surface area contributed by atoms with E-state index in [1.807, 2.05) is 19.1 Å². The van der Waals surface area contributed by atoms with Gasteiger partial charge in [-0.15, -0.1) is 0 Å². The van der Waals surface area contributed by atoms with Crippen LogP contribution in [0.1, 0.15) is 23.6 Å². The van der Waals surface area contributed by atoms with Gasteiger partial charge in [-0.05, 0) is 43.2 Å². The molecule has 0 saturated heterocycles. The summed E-state index contributed by atoms with van der Waals surface area (Å²) in [5.74, 6) is -0.0425. The molecule has 0 atom stereocenters. The Kier molecular flexibility index (Phi) is 4.35. The molecule has 2 rings (SSSR count). The third kappa shape index (κ3) is 3.57. The average molecular weight is 273 g/mol. The Hall–Kier alpha value is -2.36. The van der Waals surface area contributed by atoms with Crippen molar-refractivity contribution < 1.29 is 14.3 Å². The van der Waals surface area contributed by atoms with Crippen LogP contribution in [0.25, 0.3) is 0 Å². The van der Waals surface area contributed by atoms with Gasteiger partial charge in [-0.1, -0.05) is 29.4 Å². The number of phenols is 1. The van der Waals surface area contributed by atoms with Crippen LogP contribution in [0.4, 0.5) is 4.39 Å². The average Bonchev–Trinajstić information content (AvgIpc) is 2.44. The summed E-state index contributed by atoms with van der Waals surface area (Å²) in [6, 6.07) is 11.4. The fraction of sp³-hybridized carbons (Fsp3) is 0.188. The van der Waals surface area contributed by atoms with Crippen LogP contribution in [-0.2, 0) is 11.4 Å². The number of nitrogens with zero attached hydrogens (tertiary/aromatic N) is 1. The summed E-state index contributed by atoms with van der Waals surface area (Å²) in [4.78, 5) is 5.23. The quantitative estimate of drug-likeness (QED) is 0.680. The summed E-state index contributed by atoms with van der Waals surface area (Å²) in [5.41, 5.74) is 3.12. The van der Waals surface area contributed by atoms with E-state index in [0.717, 1.165) is 16.7 Å². The SMILES string of the molecule is C/C(=N\OCc1ccc(F)cc1)c1ccc(C)c(O)c1. The fourth-order valence-electron chi connectivity index (χ4n) is 1.67. The normalized spacial score (nSPS) is 11.4. The number of oxime groups is 1. The number of phenolic OH excluding ortho intramolecular Hbond substituents is 1. The number of halogens is 1. The lowest BCUT2D eigenvalue weighted by atomic mass is 10.1. The minimum Gasteiger partial charge on any atom is -0.508 e. The second-order valence-electron chi connectivity index (χ2n) is 4.58. The van der Waals surface area contributed by atoms with Crippen LogP contribution >= 0.6 is 0 Å². The second kappa shape index (κ2) is 6.19. The van der Waals surface area contributed by atoms with E-state index in [4.69, 9.17) is 4.84 Å². The number of aryl methyl sites for hydroxylation is 1. The van der Waals surface area contributed by atoms with Crippen molar-refractivity contribution in [2.75, 3.05) is 0 Å². The summed E-state index contributed by atoms with van der Waals surface area (Å²) in [6.45, 7) is 3.90. The molecule has 0 bridgehead atoms. The molecule has 2 aromatic rings. The van der Waals surface area contributed by atoms with E-state index >= 15 is 0 Å². The van der Waals surface area contributed by atoms with Gasteiger partial charge >= 0.3 is 0 Å². The van der Waals surface area contributed by atoms with Gasteiger partial charge in [0.05, 0.1) is 5.71 Å². The molecule has 0 aromatic heterocycles. The highest BCUT2D eigenvalue weighted by Crippen LogP contribution is 2.18. The van der Waals surface area contributed by atoms with Crippen molar-refractivity contribution in [1.82, 2.24) is 0 Å². The Balaban J connectivity index is 2.00. The minimum absolute atomic E-state index is 0.232. The molecule has 3 nitrogen and oxygen atoms in total. The highest BCUT2D eigenvalue weighted by Gasteiger charge is 2.02. The zero-order valence-electron chi connectivity index (χ0n) is 11.4. The van der Waals surface area contributed by atoms with Gasteiger partial charge in [-0.3, -0.25) is 0 Å². The van der Waals surface area contributed by atoms with Crippen molar-refractivity contribution in [3.63, 3.8) is 0 Å². The Bertz CT molecular complexity index is 621. The van der Waals surface area contributed by atoms with Crippen molar-refractivity contribution in [3.05, 3.63) is 65.0 Å². The van der Waals surface area contributed by atoms with E-state index < -0.39 is 0 Å². The van der Waals surface area contributed by atoms with Crippen LogP contribution in [-0.4, -0.2) is 10.8 Å². The molecule has 0 fully saturated rings. The van der Waals surface area contributed by atoms with E-state index in [0.29, 0.717) is 5.71 Å². The topological polar surface area (TPSA) is 41.8 Å². The number of rotatable bonds is 4. The molecule has 1 N–H and O–H groups in total. The van der Waals surface area contributed by atoms with Crippen molar-refractivity contribution in [1.29, 1.82) is 0 Å². The zero-order valence-corrected chi connectivity index (χ0v) is 11.4. The molecular weight excluding hydrogens is 257 g/mol. The number of benzene rings is 2. The van der Waals surface area contributed by atoms with Crippen LogP contribution in [0.2, 0.25) is 0 Å². The van der Waals surface area contributed by atoms with Gasteiger partial charge in [0.1, 0.15) is 18.2 Å². The van der Waals surface area contributed by atoms with Gasteiger partial charge in [0.2, 0.25) is 0 Å². The molecule has 4 heteroatoms. The van der Waals surface area contributed by atoms with Crippen molar-refractivity contribution in [2.24, 2.45) is 5.16 Å². The van der Waals surface area contributed by atoms with Gasteiger partial charge in [-0.2, -0.15) is 0 Å². The monoisotopic (exact) mass is 273 g/mol. The second-order valence-corrected chi connectivity index (χ2v) is 4.58. The first kappa shape index (κ1) is 14.1. The molecule has 0 amide bonds. The highest BCUT2D eigenvalue weighted by atomic mass is 19.1. The number of hydrogen-bond donors (Lipinski definition) is 1. The molecule has 0 saturated carbocycles. The van der Waals surface area contributed by atoms with E-state index in [1.54, 1.807) is 25.1 Å². The third-order valence-corrected chi connectivity index (χ3v) is 2.97. The maximum atomic E-state index is 12.7. The summed E-state index contributed by atoms with van der Waals surface area (Å²) < 4.78 is 12.7. The zero-order chi connectivity index (χ0) is 14.5. The van der Waals surface area contributed by atoms with Crippen LogP contribution in [0.3, 0.4) is 0 Å². The molecule has 20 heavy (non-hydrogen) atoms. The Labute approximate surface area is 117 Å². The van der Waals surface area contributed by atoms with Crippen molar-refractivity contribution in [2.45, 2.75) is 20.5 Å². The largest absolute Gasteiger partial charge is 0.508 e. The molecule has 0 radical (unpaired) electrons.